The molecular weight excluding hydrogens is 503 g/mol. The second-order valence-electron chi connectivity index (χ2n) is 11.4. The molecule has 0 radical (unpaired) electrons. The molecule has 2 atom stereocenters. The highest BCUT2D eigenvalue weighted by Crippen LogP contribution is 2.40. The SMILES string of the molecule is CC(C)(C)[C@H](c1nc(-c2cc(F)ccc2F)cn1Cc1ccccc1)N(CC[C@@H](N)CF)C(=O)N1CCCC1. The van der Waals surface area contributed by atoms with Crippen LogP contribution in [0.15, 0.2) is 54.7 Å². The van der Waals surface area contributed by atoms with Gasteiger partial charge in [0.1, 0.15) is 24.1 Å². The molecule has 39 heavy (non-hydrogen) atoms. The molecule has 3 aromatic rings. The average molecular weight is 542 g/mol. The number of amides is 2. The molecule has 0 aliphatic carbocycles. The normalized spacial score (nSPS) is 15.4. The minimum absolute atomic E-state index is 0.0487. The van der Waals surface area contributed by atoms with Crippen molar-refractivity contribution in [1.29, 1.82) is 0 Å². The molecule has 2 amide bonds. The molecule has 1 aromatic heterocycles. The van der Waals surface area contributed by atoms with E-state index >= 15 is 0 Å². The van der Waals surface area contributed by atoms with Crippen molar-refractivity contribution < 1.29 is 18.0 Å². The molecule has 210 valence electrons. The largest absolute Gasteiger partial charge is 0.328 e. The number of rotatable bonds is 9. The third-order valence-corrected chi connectivity index (χ3v) is 7.15. The monoisotopic (exact) mass is 541 g/mol. The summed E-state index contributed by atoms with van der Waals surface area (Å²) in [7, 11) is 0. The zero-order valence-corrected chi connectivity index (χ0v) is 22.9. The van der Waals surface area contributed by atoms with E-state index in [0.29, 0.717) is 25.5 Å². The number of alkyl halides is 1. The second kappa shape index (κ2) is 12.2. The van der Waals surface area contributed by atoms with Crippen molar-refractivity contribution in [2.45, 2.75) is 58.7 Å². The van der Waals surface area contributed by atoms with Gasteiger partial charge in [0.2, 0.25) is 0 Å². The highest BCUT2D eigenvalue weighted by atomic mass is 19.1. The zero-order chi connectivity index (χ0) is 28.2. The lowest BCUT2D eigenvalue weighted by atomic mass is 9.84. The summed E-state index contributed by atoms with van der Waals surface area (Å²) < 4.78 is 44.3. The minimum atomic E-state index is -0.694. The topological polar surface area (TPSA) is 67.4 Å². The first-order chi connectivity index (χ1) is 18.6. The molecule has 4 rings (SSSR count). The molecular formula is C30H38F3N5O. The Kier molecular flexibility index (Phi) is 9.00. The van der Waals surface area contributed by atoms with E-state index in [-0.39, 0.29) is 30.3 Å². The first kappa shape index (κ1) is 28.7. The predicted molar refractivity (Wildman–Crippen MR) is 147 cm³/mol. The van der Waals surface area contributed by atoms with E-state index in [0.717, 1.165) is 36.6 Å². The Morgan fingerprint density at radius 3 is 2.44 bits per heavy atom. The Bertz CT molecular complexity index is 1250. The number of imidazole rings is 1. The summed E-state index contributed by atoms with van der Waals surface area (Å²) in [5, 5.41) is 0. The Morgan fingerprint density at radius 2 is 1.79 bits per heavy atom. The summed E-state index contributed by atoms with van der Waals surface area (Å²) in [6.45, 7) is 7.33. The van der Waals surface area contributed by atoms with Gasteiger partial charge < -0.3 is 20.1 Å². The first-order valence-electron chi connectivity index (χ1n) is 13.5. The van der Waals surface area contributed by atoms with Crippen LogP contribution in [-0.4, -0.2) is 57.7 Å². The highest BCUT2D eigenvalue weighted by Gasteiger charge is 2.40. The Labute approximate surface area is 228 Å². The summed E-state index contributed by atoms with van der Waals surface area (Å²) in [5.41, 5.74) is 6.75. The van der Waals surface area contributed by atoms with Gasteiger partial charge in [-0.1, -0.05) is 51.1 Å². The number of hydrogen-bond donors (Lipinski definition) is 1. The Morgan fingerprint density at radius 1 is 1.10 bits per heavy atom. The number of nitrogens with zero attached hydrogens (tertiary/aromatic N) is 4. The van der Waals surface area contributed by atoms with Crippen LogP contribution in [0, 0.1) is 17.0 Å². The van der Waals surface area contributed by atoms with Crippen LogP contribution < -0.4 is 5.73 Å². The molecule has 0 saturated carbocycles. The molecule has 1 aliphatic rings. The van der Waals surface area contributed by atoms with E-state index in [1.54, 1.807) is 11.1 Å². The van der Waals surface area contributed by atoms with Crippen molar-refractivity contribution in [3.05, 3.63) is 77.8 Å². The van der Waals surface area contributed by atoms with E-state index in [1.807, 2.05) is 60.6 Å². The lowest BCUT2D eigenvalue weighted by Crippen LogP contribution is -2.49. The molecule has 2 heterocycles. The van der Waals surface area contributed by atoms with Crippen LogP contribution in [0.3, 0.4) is 0 Å². The van der Waals surface area contributed by atoms with Crippen LogP contribution in [0.4, 0.5) is 18.0 Å². The fourth-order valence-corrected chi connectivity index (χ4v) is 5.18. The van der Waals surface area contributed by atoms with E-state index < -0.39 is 35.8 Å². The molecule has 0 bridgehead atoms. The molecule has 9 heteroatoms. The van der Waals surface area contributed by atoms with E-state index in [4.69, 9.17) is 10.7 Å². The van der Waals surface area contributed by atoms with Crippen LogP contribution in [0.25, 0.3) is 11.3 Å². The van der Waals surface area contributed by atoms with Gasteiger partial charge in [0.25, 0.3) is 0 Å². The van der Waals surface area contributed by atoms with E-state index in [1.165, 1.54) is 0 Å². The standard InChI is InChI=1S/C30H38F3N5O/c1-30(2,3)27(38(16-13-23(34)18-31)29(39)36-14-7-8-15-36)28-35-26(24-17-22(32)11-12-25(24)33)20-37(28)19-21-9-5-4-6-10-21/h4-6,9-12,17,20,23,27H,7-8,13-16,18-19,34H2,1-3H3/t23-,27+/m1/s1. The number of carbonyl (C=O) groups is 1. The summed E-state index contributed by atoms with van der Waals surface area (Å²) in [6.07, 6.45) is 3.85. The summed E-state index contributed by atoms with van der Waals surface area (Å²) >= 11 is 0. The van der Waals surface area contributed by atoms with E-state index in [2.05, 4.69) is 0 Å². The number of halogens is 3. The summed E-state index contributed by atoms with van der Waals surface area (Å²) in [4.78, 5) is 22.3. The number of carbonyl (C=O) groups excluding carboxylic acids is 1. The summed E-state index contributed by atoms with van der Waals surface area (Å²) in [6, 6.07) is 11.6. The van der Waals surface area contributed by atoms with Crippen molar-refractivity contribution in [3.8, 4) is 11.3 Å². The van der Waals surface area contributed by atoms with Crippen LogP contribution in [0.5, 0.6) is 0 Å². The zero-order valence-electron chi connectivity index (χ0n) is 22.9. The van der Waals surface area contributed by atoms with Gasteiger partial charge >= 0.3 is 6.03 Å². The van der Waals surface area contributed by atoms with Crippen molar-refractivity contribution in [1.82, 2.24) is 19.4 Å². The minimum Gasteiger partial charge on any atom is -0.328 e. The van der Waals surface area contributed by atoms with E-state index in [9.17, 15) is 18.0 Å². The average Bonchev–Trinajstić information content (AvgIpc) is 3.58. The second-order valence-corrected chi connectivity index (χ2v) is 11.4. The van der Waals surface area contributed by atoms with Gasteiger partial charge in [-0.2, -0.15) is 0 Å². The number of hydrogen-bond acceptors (Lipinski definition) is 3. The molecule has 1 saturated heterocycles. The van der Waals surface area contributed by atoms with Crippen LogP contribution in [-0.2, 0) is 6.54 Å². The van der Waals surface area contributed by atoms with Gasteiger partial charge in [0, 0.05) is 44.0 Å². The quantitative estimate of drug-likeness (QED) is 0.352. The molecule has 1 aliphatic heterocycles. The lowest BCUT2D eigenvalue weighted by molar-refractivity contribution is 0.0855. The smallest absolute Gasteiger partial charge is 0.320 e. The predicted octanol–water partition coefficient (Wildman–Crippen LogP) is 6.17. The van der Waals surface area contributed by atoms with Crippen LogP contribution in [0.2, 0.25) is 0 Å². The number of benzene rings is 2. The molecule has 0 unspecified atom stereocenters. The van der Waals surface area contributed by atoms with Gasteiger partial charge in [0.15, 0.2) is 0 Å². The Hall–Kier alpha value is -3.33. The Balaban J connectivity index is 1.86. The van der Waals surface area contributed by atoms with Crippen LogP contribution in [0.1, 0.15) is 57.5 Å². The van der Waals surface area contributed by atoms with Gasteiger partial charge in [-0.3, -0.25) is 0 Å². The maximum absolute atomic E-state index is 14.9. The lowest BCUT2D eigenvalue weighted by Gasteiger charge is -2.41. The first-order valence-corrected chi connectivity index (χ1v) is 13.5. The number of aromatic nitrogens is 2. The van der Waals surface area contributed by atoms with Crippen molar-refractivity contribution >= 4 is 6.03 Å². The fourth-order valence-electron chi connectivity index (χ4n) is 5.18. The molecule has 6 nitrogen and oxygen atoms in total. The molecule has 2 aromatic carbocycles. The number of nitrogens with two attached hydrogens (primary N) is 1. The number of urea groups is 1. The van der Waals surface area contributed by atoms with Crippen LogP contribution >= 0.6 is 0 Å². The third-order valence-electron chi connectivity index (χ3n) is 7.15. The highest BCUT2D eigenvalue weighted by molar-refractivity contribution is 5.75. The number of likely N-dealkylation sites (tertiary alicyclic amines) is 1. The summed E-state index contributed by atoms with van der Waals surface area (Å²) in [5.74, 6) is -0.603. The van der Waals surface area contributed by atoms with Gasteiger partial charge in [-0.15, -0.1) is 0 Å². The maximum atomic E-state index is 14.9. The molecule has 0 spiro atoms. The van der Waals surface area contributed by atoms with Gasteiger partial charge in [0.05, 0.1) is 11.7 Å². The molecule has 1 fully saturated rings. The van der Waals surface area contributed by atoms with Gasteiger partial charge in [-0.05, 0) is 48.4 Å². The van der Waals surface area contributed by atoms with Crippen molar-refractivity contribution in [2.75, 3.05) is 26.3 Å². The van der Waals surface area contributed by atoms with Crippen molar-refractivity contribution in [3.63, 3.8) is 0 Å². The maximum Gasteiger partial charge on any atom is 0.320 e. The van der Waals surface area contributed by atoms with Crippen molar-refractivity contribution in [2.24, 2.45) is 11.1 Å². The fraction of sp³-hybridized carbons (Fsp3) is 0.467. The third kappa shape index (κ3) is 6.82. The van der Waals surface area contributed by atoms with Gasteiger partial charge in [-0.25, -0.2) is 22.9 Å². The molecule has 2 N–H and O–H groups in total.